The van der Waals surface area contributed by atoms with Gasteiger partial charge in [-0.15, -0.1) is 0 Å². The van der Waals surface area contributed by atoms with Crippen LogP contribution in [0, 0.1) is 12.3 Å². The van der Waals surface area contributed by atoms with Crippen molar-refractivity contribution in [3.8, 4) is 0 Å². The zero-order valence-electron chi connectivity index (χ0n) is 18.1. The predicted octanol–water partition coefficient (Wildman–Crippen LogP) is 3.28. The first kappa shape index (κ1) is 21.4. The summed E-state index contributed by atoms with van der Waals surface area (Å²) < 4.78 is 6.16. The molecule has 0 radical (unpaired) electrons. The Balaban J connectivity index is 1.75. The first-order valence-corrected chi connectivity index (χ1v) is 10.3. The standard InChI is InChI=1S/C24H25N3O5/c1-13-8-16(14(2)26-18-7-5-4-6-15(18)22(29)30)21-17(9-13)19(28)10-20(32-21)27-11-24(3,12-27)23(25)31/h4-10,14,26H,11-12H2,1-3H3,(H2,25,31)(H,29,30). The van der Waals surface area contributed by atoms with Crippen molar-refractivity contribution in [3.63, 3.8) is 0 Å². The van der Waals surface area contributed by atoms with E-state index in [4.69, 9.17) is 10.2 Å². The van der Waals surface area contributed by atoms with Crippen LogP contribution in [0.15, 0.2) is 51.7 Å². The van der Waals surface area contributed by atoms with Crippen LogP contribution < -0.4 is 21.4 Å². The van der Waals surface area contributed by atoms with Gasteiger partial charge in [-0.2, -0.15) is 0 Å². The molecule has 166 valence electrons. The third kappa shape index (κ3) is 3.68. The van der Waals surface area contributed by atoms with Crippen molar-refractivity contribution in [2.75, 3.05) is 23.3 Å². The van der Waals surface area contributed by atoms with Crippen molar-refractivity contribution in [3.05, 3.63) is 69.4 Å². The molecule has 0 spiro atoms. The highest BCUT2D eigenvalue weighted by atomic mass is 16.4. The number of nitrogens with one attached hydrogen (secondary N) is 1. The summed E-state index contributed by atoms with van der Waals surface area (Å²) in [7, 11) is 0. The third-order valence-electron chi connectivity index (χ3n) is 5.97. The van der Waals surface area contributed by atoms with E-state index in [-0.39, 0.29) is 22.9 Å². The SMILES string of the molecule is Cc1cc(C(C)Nc2ccccc2C(=O)O)c2oc(N3CC(C)(C(N)=O)C3)cc(=O)c2c1. The normalized spacial score (nSPS) is 15.8. The number of hydrogen-bond acceptors (Lipinski definition) is 6. The molecule has 1 atom stereocenters. The molecule has 1 amide bonds. The summed E-state index contributed by atoms with van der Waals surface area (Å²) in [5.41, 5.74) is 7.31. The fourth-order valence-electron chi connectivity index (χ4n) is 4.11. The molecule has 8 heteroatoms. The number of fused-ring (bicyclic) bond motifs is 1. The molecule has 1 unspecified atom stereocenters. The molecule has 1 aliphatic heterocycles. The van der Waals surface area contributed by atoms with Crippen LogP contribution in [0.4, 0.5) is 11.6 Å². The van der Waals surface area contributed by atoms with E-state index in [0.29, 0.717) is 35.6 Å². The number of hydrogen-bond donors (Lipinski definition) is 3. The number of anilines is 2. The average Bonchev–Trinajstić information content (AvgIpc) is 2.71. The molecule has 1 fully saturated rings. The zero-order valence-corrected chi connectivity index (χ0v) is 18.1. The second-order valence-electron chi connectivity index (χ2n) is 8.68. The van der Waals surface area contributed by atoms with E-state index in [1.54, 1.807) is 31.2 Å². The van der Waals surface area contributed by atoms with Gasteiger partial charge in [0.1, 0.15) is 5.58 Å². The van der Waals surface area contributed by atoms with Crippen molar-refractivity contribution in [1.29, 1.82) is 0 Å². The van der Waals surface area contributed by atoms with Crippen LogP contribution in [0.3, 0.4) is 0 Å². The van der Waals surface area contributed by atoms with Gasteiger partial charge in [0.15, 0.2) is 11.3 Å². The number of carbonyl (C=O) groups excluding carboxylic acids is 1. The van der Waals surface area contributed by atoms with Crippen LogP contribution in [0.5, 0.6) is 0 Å². The largest absolute Gasteiger partial charge is 0.478 e. The molecular weight excluding hydrogens is 410 g/mol. The summed E-state index contributed by atoms with van der Waals surface area (Å²) >= 11 is 0. The van der Waals surface area contributed by atoms with Gasteiger partial charge in [0.25, 0.3) is 0 Å². The Kier molecular flexibility index (Phi) is 5.16. The Hall–Kier alpha value is -3.81. The fraction of sp³-hybridized carbons (Fsp3) is 0.292. The molecule has 0 bridgehead atoms. The lowest BCUT2D eigenvalue weighted by Gasteiger charge is -2.45. The minimum absolute atomic E-state index is 0.157. The van der Waals surface area contributed by atoms with Crippen molar-refractivity contribution < 1.29 is 19.1 Å². The summed E-state index contributed by atoms with van der Waals surface area (Å²) in [6, 6.07) is 11.4. The van der Waals surface area contributed by atoms with Crippen molar-refractivity contribution in [2.45, 2.75) is 26.8 Å². The highest BCUT2D eigenvalue weighted by molar-refractivity contribution is 5.94. The monoisotopic (exact) mass is 435 g/mol. The van der Waals surface area contributed by atoms with Crippen LogP contribution in [0.25, 0.3) is 11.0 Å². The summed E-state index contributed by atoms with van der Waals surface area (Å²) in [6.45, 7) is 6.30. The van der Waals surface area contributed by atoms with Crippen molar-refractivity contribution >= 4 is 34.4 Å². The Morgan fingerprint density at radius 1 is 1.22 bits per heavy atom. The van der Waals surface area contributed by atoms with Crippen molar-refractivity contribution in [1.82, 2.24) is 0 Å². The number of carboxylic acid groups (broad SMARTS) is 1. The molecule has 4 rings (SSSR count). The van der Waals surface area contributed by atoms with Gasteiger partial charge in [-0.1, -0.05) is 18.2 Å². The van der Waals surface area contributed by atoms with Crippen LogP contribution in [0.2, 0.25) is 0 Å². The highest BCUT2D eigenvalue weighted by Crippen LogP contribution is 2.36. The van der Waals surface area contributed by atoms with Crippen molar-refractivity contribution in [2.24, 2.45) is 11.1 Å². The van der Waals surface area contributed by atoms with Gasteiger partial charge in [0.2, 0.25) is 5.91 Å². The fourth-order valence-corrected chi connectivity index (χ4v) is 4.11. The van der Waals surface area contributed by atoms with E-state index < -0.39 is 11.4 Å². The average molecular weight is 435 g/mol. The van der Waals surface area contributed by atoms with Gasteiger partial charge in [0, 0.05) is 30.4 Å². The van der Waals surface area contributed by atoms with Gasteiger partial charge in [-0.3, -0.25) is 9.59 Å². The van der Waals surface area contributed by atoms with E-state index in [1.807, 2.05) is 24.8 Å². The molecule has 4 N–H and O–H groups in total. The van der Waals surface area contributed by atoms with Gasteiger partial charge < -0.3 is 25.5 Å². The number of aryl methyl sites for hydroxylation is 1. The highest BCUT2D eigenvalue weighted by Gasteiger charge is 2.45. The van der Waals surface area contributed by atoms with Crippen LogP contribution in [-0.2, 0) is 4.79 Å². The van der Waals surface area contributed by atoms with Gasteiger partial charge in [-0.05, 0) is 44.5 Å². The minimum Gasteiger partial charge on any atom is -0.478 e. The van der Waals surface area contributed by atoms with Gasteiger partial charge >= 0.3 is 5.97 Å². The smallest absolute Gasteiger partial charge is 0.337 e. The molecular formula is C24H25N3O5. The van der Waals surface area contributed by atoms with E-state index in [0.717, 1.165) is 11.1 Å². The maximum absolute atomic E-state index is 12.9. The minimum atomic E-state index is -1.03. The second kappa shape index (κ2) is 7.71. The topological polar surface area (TPSA) is 126 Å². The molecule has 1 aliphatic rings. The zero-order chi connectivity index (χ0) is 23.2. The summed E-state index contributed by atoms with van der Waals surface area (Å²) in [4.78, 5) is 37.9. The molecule has 2 heterocycles. The van der Waals surface area contributed by atoms with E-state index in [1.165, 1.54) is 12.1 Å². The number of para-hydroxylation sites is 1. The lowest BCUT2D eigenvalue weighted by Crippen LogP contribution is -2.61. The molecule has 32 heavy (non-hydrogen) atoms. The van der Waals surface area contributed by atoms with Crippen LogP contribution >= 0.6 is 0 Å². The Morgan fingerprint density at radius 2 is 1.91 bits per heavy atom. The number of primary amides is 1. The molecule has 2 aromatic carbocycles. The maximum atomic E-state index is 12.9. The molecule has 1 saturated heterocycles. The van der Waals surface area contributed by atoms with E-state index in [2.05, 4.69) is 5.32 Å². The number of aromatic carboxylic acids is 1. The number of nitrogens with two attached hydrogens (primary N) is 1. The van der Waals surface area contributed by atoms with E-state index >= 15 is 0 Å². The Morgan fingerprint density at radius 3 is 2.56 bits per heavy atom. The summed E-state index contributed by atoms with van der Waals surface area (Å²) in [5, 5.41) is 13.2. The lowest BCUT2D eigenvalue weighted by molar-refractivity contribution is -0.128. The van der Waals surface area contributed by atoms with Gasteiger partial charge in [-0.25, -0.2) is 4.79 Å². The number of benzene rings is 2. The lowest BCUT2D eigenvalue weighted by atomic mass is 9.81. The van der Waals surface area contributed by atoms with Crippen LogP contribution in [0.1, 0.15) is 41.4 Å². The summed E-state index contributed by atoms with van der Waals surface area (Å²) in [6.07, 6.45) is 0. The molecule has 8 nitrogen and oxygen atoms in total. The van der Waals surface area contributed by atoms with Crippen LogP contribution in [-0.4, -0.2) is 30.1 Å². The molecule has 0 saturated carbocycles. The first-order chi connectivity index (χ1) is 15.1. The molecule has 0 aliphatic carbocycles. The number of carboxylic acids is 1. The number of carbonyl (C=O) groups is 2. The summed E-state index contributed by atoms with van der Waals surface area (Å²) in [5.74, 6) is -1.04. The first-order valence-electron chi connectivity index (χ1n) is 10.3. The quantitative estimate of drug-likeness (QED) is 0.542. The number of amides is 1. The van der Waals surface area contributed by atoms with Gasteiger partial charge in [0.05, 0.1) is 22.4 Å². The Labute approximate surface area is 184 Å². The number of rotatable bonds is 6. The third-order valence-corrected chi connectivity index (χ3v) is 5.97. The number of nitrogens with zero attached hydrogens (tertiary/aromatic N) is 1. The Bertz CT molecular complexity index is 1290. The van der Waals surface area contributed by atoms with E-state index in [9.17, 15) is 19.5 Å². The maximum Gasteiger partial charge on any atom is 0.337 e. The second-order valence-corrected chi connectivity index (χ2v) is 8.68. The predicted molar refractivity (Wildman–Crippen MR) is 122 cm³/mol. The molecule has 1 aromatic heterocycles. The molecule has 3 aromatic rings.